The largest absolute Gasteiger partial charge is 0.308 e. The van der Waals surface area contributed by atoms with Gasteiger partial charge >= 0.3 is 0 Å². The van der Waals surface area contributed by atoms with Gasteiger partial charge in [0.25, 0.3) is 0 Å². The van der Waals surface area contributed by atoms with Crippen molar-refractivity contribution in [3.05, 3.63) is 29.6 Å². The van der Waals surface area contributed by atoms with Gasteiger partial charge < -0.3 is 5.32 Å². The Bertz CT molecular complexity index is 340. The summed E-state index contributed by atoms with van der Waals surface area (Å²) in [6, 6.07) is 6.90. The lowest BCUT2D eigenvalue weighted by Crippen LogP contribution is -2.35. The molecule has 1 atom stereocenters. The van der Waals surface area contributed by atoms with Crippen molar-refractivity contribution in [1.29, 1.82) is 0 Å². The smallest absolute Gasteiger partial charge is 0.0544 e. The van der Waals surface area contributed by atoms with Gasteiger partial charge in [0, 0.05) is 18.3 Å². The predicted molar refractivity (Wildman–Crippen MR) is 67.2 cm³/mol. The molecule has 1 unspecified atom stereocenters. The molecule has 1 aromatic rings. The maximum absolute atomic E-state index is 4.52. The third-order valence-electron chi connectivity index (χ3n) is 3.31. The number of hydrogen-bond donors (Lipinski definition) is 1. The fourth-order valence-electron chi connectivity index (χ4n) is 2.32. The number of nitrogens with one attached hydrogen (secondary N) is 1. The minimum atomic E-state index is 0.669. The highest BCUT2D eigenvalue weighted by atomic mass is 15.0. The molecule has 0 aliphatic heterocycles. The Hall–Kier alpha value is -0.890. The van der Waals surface area contributed by atoms with Crippen LogP contribution in [0.25, 0.3) is 0 Å². The first-order valence-electron chi connectivity index (χ1n) is 6.32. The second-order valence-corrected chi connectivity index (χ2v) is 5.26. The summed E-state index contributed by atoms with van der Waals surface area (Å²) in [5.41, 5.74) is 2.26. The van der Waals surface area contributed by atoms with Crippen LogP contribution in [0.4, 0.5) is 0 Å². The first kappa shape index (κ1) is 11.6. The first-order chi connectivity index (χ1) is 7.66. The van der Waals surface area contributed by atoms with Crippen molar-refractivity contribution in [2.45, 2.75) is 46.2 Å². The summed E-state index contributed by atoms with van der Waals surface area (Å²) in [6.45, 7) is 7.56. The van der Waals surface area contributed by atoms with E-state index in [1.807, 2.05) is 13.0 Å². The lowest BCUT2D eigenvalue weighted by atomic mass is 9.99. The van der Waals surface area contributed by atoms with E-state index in [1.54, 1.807) is 0 Å². The minimum Gasteiger partial charge on any atom is -0.308 e. The van der Waals surface area contributed by atoms with Gasteiger partial charge in [-0.3, -0.25) is 4.98 Å². The number of aromatic nitrogens is 1. The van der Waals surface area contributed by atoms with E-state index in [9.17, 15) is 0 Å². The zero-order chi connectivity index (χ0) is 11.5. The highest BCUT2D eigenvalue weighted by Crippen LogP contribution is 2.35. The fraction of sp³-hybridized carbons (Fsp3) is 0.643. The van der Waals surface area contributed by atoms with Crippen molar-refractivity contribution in [2.24, 2.45) is 11.8 Å². The Morgan fingerprint density at radius 1 is 1.38 bits per heavy atom. The van der Waals surface area contributed by atoms with Gasteiger partial charge in [-0.15, -0.1) is 0 Å². The summed E-state index contributed by atoms with van der Waals surface area (Å²) < 4.78 is 0. The highest BCUT2D eigenvalue weighted by Gasteiger charge is 2.32. The zero-order valence-corrected chi connectivity index (χ0v) is 10.5. The van der Waals surface area contributed by atoms with Crippen molar-refractivity contribution in [3.63, 3.8) is 0 Å². The number of nitrogens with zero attached hydrogens (tertiary/aromatic N) is 1. The Morgan fingerprint density at radius 2 is 2.12 bits per heavy atom. The van der Waals surface area contributed by atoms with E-state index in [2.05, 4.69) is 36.3 Å². The third-order valence-corrected chi connectivity index (χ3v) is 3.31. The molecule has 88 valence electrons. The molecule has 1 heterocycles. The van der Waals surface area contributed by atoms with E-state index in [0.29, 0.717) is 6.04 Å². The Labute approximate surface area is 98.5 Å². The van der Waals surface area contributed by atoms with Crippen LogP contribution in [0, 0.1) is 18.8 Å². The second kappa shape index (κ2) is 4.96. The Balaban J connectivity index is 1.90. The average Bonchev–Trinajstić information content (AvgIpc) is 3.02. The topological polar surface area (TPSA) is 24.9 Å². The van der Waals surface area contributed by atoms with Crippen molar-refractivity contribution in [3.8, 4) is 0 Å². The van der Waals surface area contributed by atoms with E-state index in [1.165, 1.54) is 12.8 Å². The van der Waals surface area contributed by atoms with Crippen LogP contribution >= 0.6 is 0 Å². The molecule has 1 aliphatic carbocycles. The van der Waals surface area contributed by atoms with Gasteiger partial charge in [0.1, 0.15) is 0 Å². The molecule has 0 spiro atoms. The second-order valence-electron chi connectivity index (χ2n) is 5.26. The summed E-state index contributed by atoms with van der Waals surface area (Å²) in [4.78, 5) is 4.52. The molecule has 1 saturated carbocycles. The average molecular weight is 218 g/mol. The lowest BCUT2D eigenvalue weighted by Gasteiger charge is -2.22. The standard InChI is InChI=1S/C14H22N2/c1-10(2)14(12-7-8-12)15-9-13-6-4-5-11(3)16-13/h4-6,10,12,14-15H,7-9H2,1-3H3. The molecular formula is C14H22N2. The van der Waals surface area contributed by atoms with Crippen LogP contribution in [-0.4, -0.2) is 11.0 Å². The Kier molecular flexibility index (Phi) is 3.59. The summed E-state index contributed by atoms with van der Waals surface area (Å²) in [5.74, 6) is 1.63. The van der Waals surface area contributed by atoms with Gasteiger partial charge in [0.05, 0.1) is 5.69 Å². The van der Waals surface area contributed by atoms with Gasteiger partial charge in [0.2, 0.25) is 0 Å². The van der Waals surface area contributed by atoms with Crippen LogP contribution in [0.15, 0.2) is 18.2 Å². The number of hydrogen-bond acceptors (Lipinski definition) is 2. The van der Waals surface area contributed by atoms with Crippen molar-refractivity contribution in [1.82, 2.24) is 10.3 Å². The summed E-state index contributed by atoms with van der Waals surface area (Å²) in [6.07, 6.45) is 2.80. The quantitative estimate of drug-likeness (QED) is 0.822. The molecule has 1 N–H and O–H groups in total. The molecule has 0 amide bonds. The fourth-order valence-corrected chi connectivity index (χ4v) is 2.32. The molecule has 1 aromatic heterocycles. The van der Waals surface area contributed by atoms with Gasteiger partial charge in [-0.05, 0) is 43.7 Å². The summed E-state index contributed by atoms with van der Waals surface area (Å²) in [7, 11) is 0. The van der Waals surface area contributed by atoms with Crippen molar-refractivity contribution in [2.75, 3.05) is 0 Å². The molecule has 0 bridgehead atoms. The van der Waals surface area contributed by atoms with Crippen LogP contribution in [0.3, 0.4) is 0 Å². The maximum atomic E-state index is 4.52. The van der Waals surface area contributed by atoms with E-state index < -0.39 is 0 Å². The van der Waals surface area contributed by atoms with Crippen molar-refractivity contribution >= 4 is 0 Å². The normalized spacial score (nSPS) is 17.8. The van der Waals surface area contributed by atoms with Gasteiger partial charge in [0.15, 0.2) is 0 Å². The summed E-state index contributed by atoms with van der Waals surface area (Å²) in [5, 5.41) is 3.66. The first-order valence-corrected chi connectivity index (χ1v) is 6.32. The van der Waals surface area contributed by atoms with Gasteiger partial charge in [-0.1, -0.05) is 19.9 Å². The van der Waals surface area contributed by atoms with Gasteiger partial charge in [-0.2, -0.15) is 0 Å². The molecule has 0 saturated heterocycles. The molecule has 0 radical (unpaired) electrons. The molecular weight excluding hydrogens is 196 g/mol. The van der Waals surface area contributed by atoms with Crippen molar-refractivity contribution < 1.29 is 0 Å². The van der Waals surface area contributed by atoms with Crippen LogP contribution < -0.4 is 5.32 Å². The number of pyridine rings is 1. The van der Waals surface area contributed by atoms with E-state index in [4.69, 9.17) is 0 Å². The molecule has 0 aromatic carbocycles. The SMILES string of the molecule is Cc1cccc(CNC(C(C)C)C2CC2)n1. The molecule has 1 aliphatic rings. The molecule has 1 fully saturated rings. The molecule has 16 heavy (non-hydrogen) atoms. The summed E-state index contributed by atoms with van der Waals surface area (Å²) >= 11 is 0. The highest BCUT2D eigenvalue weighted by molar-refractivity contribution is 5.10. The van der Waals surface area contributed by atoms with Crippen LogP contribution in [0.2, 0.25) is 0 Å². The van der Waals surface area contributed by atoms with E-state index in [-0.39, 0.29) is 0 Å². The monoisotopic (exact) mass is 218 g/mol. The van der Waals surface area contributed by atoms with Crippen LogP contribution in [-0.2, 0) is 6.54 Å². The van der Waals surface area contributed by atoms with E-state index in [0.717, 1.165) is 29.8 Å². The zero-order valence-electron chi connectivity index (χ0n) is 10.5. The molecule has 2 rings (SSSR count). The van der Waals surface area contributed by atoms with Gasteiger partial charge in [-0.25, -0.2) is 0 Å². The lowest BCUT2D eigenvalue weighted by molar-refractivity contribution is 0.357. The van der Waals surface area contributed by atoms with Crippen LogP contribution in [0.5, 0.6) is 0 Å². The van der Waals surface area contributed by atoms with Crippen LogP contribution in [0.1, 0.15) is 38.1 Å². The maximum Gasteiger partial charge on any atom is 0.0544 e. The third kappa shape index (κ3) is 3.05. The minimum absolute atomic E-state index is 0.669. The molecule has 2 nitrogen and oxygen atoms in total. The number of rotatable bonds is 5. The molecule has 2 heteroatoms. The van der Waals surface area contributed by atoms with E-state index >= 15 is 0 Å². The Morgan fingerprint density at radius 3 is 2.69 bits per heavy atom. The predicted octanol–water partition coefficient (Wildman–Crippen LogP) is 2.91. The number of aryl methyl sites for hydroxylation is 1.